The molecule has 35 heavy (non-hydrogen) atoms. The van der Waals surface area contributed by atoms with Gasteiger partial charge in [0.05, 0.1) is 24.1 Å². The number of amides is 2. The number of rotatable bonds is 7. The molecule has 2 aromatic carbocycles. The zero-order valence-corrected chi connectivity index (χ0v) is 19.8. The molecule has 3 N–H and O–H groups in total. The third-order valence-electron chi connectivity index (χ3n) is 6.97. The van der Waals surface area contributed by atoms with Crippen LogP contribution in [0.5, 0.6) is 5.75 Å². The molecule has 9 nitrogen and oxygen atoms in total. The monoisotopic (exact) mass is 480 g/mol. The second-order valence-corrected chi connectivity index (χ2v) is 8.87. The zero-order valence-electron chi connectivity index (χ0n) is 19.8. The van der Waals surface area contributed by atoms with Gasteiger partial charge in [-0.2, -0.15) is 0 Å². The number of carboxylic acid groups (broad SMARTS) is 1. The quantitative estimate of drug-likeness (QED) is 0.311. The van der Waals surface area contributed by atoms with Crippen molar-refractivity contribution in [1.82, 2.24) is 5.32 Å². The molecule has 0 aromatic heterocycles. The predicted octanol–water partition coefficient (Wildman–Crippen LogP) is 2.00. The number of esters is 1. The minimum absolute atomic E-state index is 0.294. The highest BCUT2D eigenvalue weighted by Crippen LogP contribution is 2.50. The Labute approximate surface area is 202 Å². The first-order valence-electron chi connectivity index (χ1n) is 11.6. The van der Waals surface area contributed by atoms with Crippen molar-refractivity contribution in [3.05, 3.63) is 59.2 Å². The van der Waals surface area contributed by atoms with E-state index in [0.29, 0.717) is 29.8 Å². The highest BCUT2D eigenvalue weighted by atomic mass is 16.5. The summed E-state index contributed by atoms with van der Waals surface area (Å²) >= 11 is 0. The summed E-state index contributed by atoms with van der Waals surface area (Å²) in [7, 11) is 0. The smallest absolute Gasteiger partial charge is 0.327 e. The van der Waals surface area contributed by atoms with Crippen LogP contribution in [0.1, 0.15) is 43.5 Å². The van der Waals surface area contributed by atoms with Crippen LogP contribution in [0, 0.1) is 11.8 Å². The number of imide groups is 1. The number of aliphatic carboxylic acids is 1. The van der Waals surface area contributed by atoms with Crippen molar-refractivity contribution in [3.8, 4) is 5.75 Å². The molecule has 4 unspecified atom stereocenters. The first-order valence-corrected chi connectivity index (χ1v) is 11.6. The lowest BCUT2D eigenvalue weighted by Crippen LogP contribution is -2.58. The Morgan fingerprint density at radius 3 is 2.11 bits per heavy atom. The van der Waals surface area contributed by atoms with Crippen molar-refractivity contribution >= 4 is 29.4 Å². The normalized spacial score (nSPS) is 25.6. The number of carboxylic acids is 1. The van der Waals surface area contributed by atoms with E-state index in [1.54, 1.807) is 12.1 Å². The van der Waals surface area contributed by atoms with E-state index in [2.05, 4.69) is 5.32 Å². The lowest BCUT2D eigenvalue weighted by molar-refractivity contribution is -0.150. The van der Waals surface area contributed by atoms with Crippen LogP contribution in [-0.2, 0) is 32.0 Å². The molecule has 9 heteroatoms. The van der Waals surface area contributed by atoms with Crippen molar-refractivity contribution in [1.29, 1.82) is 0 Å². The molecule has 0 bridgehead atoms. The highest BCUT2D eigenvalue weighted by Gasteiger charge is 2.68. The molecule has 4 atom stereocenters. The van der Waals surface area contributed by atoms with Gasteiger partial charge in [0.2, 0.25) is 11.8 Å². The molecule has 2 amide bonds. The SMILES string of the molecule is CCc1cccc(CC)c1N1C(=O)C2C(c3ccc(OC(C)=O)cc3)NC(CO)(C(=O)O)C2C1=O. The number of hydrogen-bond donors (Lipinski definition) is 3. The fraction of sp³-hybridized carbons (Fsp3) is 0.385. The molecule has 2 aliphatic heterocycles. The van der Waals surface area contributed by atoms with Crippen LogP contribution in [-0.4, -0.2) is 46.1 Å². The Bertz CT molecular complexity index is 1170. The van der Waals surface area contributed by atoms with Crippen LogP contribution in [0.2, 0.25) is 0 Å². The maximum atomic E-state index is 13.9. The molecule has 2 aliphatic rings. The average molecular weight is 481 g/mol. The molecule has 184 valence electrons. The van der Waals surface area contributed by atoms with E-state index in [-0.39, 0.29) is 0 Å². The minimum atomic E-state index is -2.03. The summed E-state index contributed by atoms with van der Waals surface area (Å²) < 4.78 is 5.06. The summed E-state index contributed by atoms with van der Waals surface area (Å²) in [5, 5.41) is 23.2. The summed E-state index contributed by atoms with van der Waals surface area (Å²) in [5.74, 6) is -5.09. The van der Waals surface area contributed by atoms with Crippen molar-refractivity contribution in [2.75, 3.05) is 11.5 Å². The van der Waals surface area contributed by atoms with Gasteiger partial charge in [-0.15, -0.1) is 0 Å². The summed E-state index contributed by atoms with van der Waals surface area (Å²) in [5.41, 5.74) is 0.634. The van der Waals surface area contributed by atoms with Gasteiger partial charge in [-0.1, -0.05) is 44.2 Å². The van der Waals surface area contributed by atoms with Gasteiger partial charge in [0.15, 0.2) is 5.54 Å². The number of carbonyl (C=O) groups is 4. The number of nitrogens with zero attached hydrogens (tertiary/aromatic N) is 1. The van der Waals surface area contributed by atoms with Gasteiger partial charge in [-0.05, 0) is 41.7 Å². The third kappa shape index (κ3) is 3.81. The van der Waals surface area contributed by atoms with Gasteiger partial charge in [0.1, 0.15) is 5.75 Å². The van der Waals surface area contributed by atoms with Crippen LogP contribution in [0.4, 0.5) is 5.69 Å². The first-order chi connectivity index (χ1) is 16.7. The third-order valence-corrected chi connectivity index (χ3v) is 6.97. The maximum absolute atomic E-state index is 13.9. The van der Waals surface area contributed by atoms with E-state index in [0.717, 1.165) is 16.0 Å². The van der Waals surface area contributed by atoms with Crippen LogP contribution >= 0.6 is 0 Å². The molecule has 0 radical (unpaired) electrons. The number of benzene rings is 2. The average Bonchev–Trinajstić information content (AvgIpc) is 3.32. The number of anilines is 1. The lowest BCUT2D eigenvalue weighted by Gasteiger charge is -2.30. The second-order valence-electron chi connectivity index (χ2n) is 8.87. The summed E-state index contributed by atoms with van der Waals surface area (Å²) in [4.78, 5) is 52.5. The van der Waals surface area contributed by atoms with Crippen molar-refractivity contribution < 1.29 is 34.1 Å². The molecule has 2 aromatic rings. The highest BCUT2D eigenvalue weighted by molar-refractivity contribution is 6.25. The number of nitrogens with one attached hydrogen (secondary N) is 1. The molecule has 2 fully saturated rings. The van der Waals surface area contributed by atoms with Gasteiger partial charge < -0.3 is 14.9 Å². The number of para-hydroxylation sites is 1. The molecular weight excluding hydrogens is 452 g/mol. The number of aryl methyl sites for hydroxylation is 2. The second kappa shape index (κ2) is 9.24. The number of ether oxygens (including phenoxy) is 1. The molecular formula is C26H28N2O7. The standard InChI is InChI=1S/C26H28N2O7/c1-4-15-7-6-8-16(5-2)22(15)28-23(31)19-20(24(28)32)26(13-29,25(33)34)27-21(19)17-9-11-18(12-10-17)35-14(3)30/h6-12,19-21,27,29H,4-5,13H2,1-3H3,(H,33,34). The van der Waals surface area contributed by atoms with Crippen molar-refractivity contribution in [2.45, 2.75) is 45.2 Å². The van der Waals surface area contributed by atoms with Crippen LogP contribution in [0.25, 0.3) is 0 Å². The number of fused-ring (bicyclic) bond motifs is 1. The first kappa shape index (κ1) is 24.6. The lowest BCUT2D eigenvalue weighted by atomic mass is 9.79. The van der Waals surface area contributed by atoms with Gasteiger partial charge >= 0.3 is 11.9 Å². The fourth-order valence-corrected chi connectivity index (χ4v) is 5.33. The molecule has 0 aliphatic carbocycles. The molecule has 4 rings (SSSR count). The van der Waals surface area contributed by atoms with Crippen LogP contribution < -0.4 is 15.0 Å². The molecule has 2 heterocycles. The maximum Gasteiger partial charge on any atom is 0.327 e. The molecule has 0 spiro atoms. The van der Waals surface area contributed by atoms with Gasteiger partial charge in [0.25, 0.3) is 0 Å². The van der Waals surface area contributed by atoms with Crippen LogP contribution in [0.3, 0.4) is 0 Å². The number of carbonyl (C=O) groups excluding carboxylic acids is 3. The summed E-state index contributed by atoms with van der Waals surface area (Å²) in [6.07, 6.45) is 1.16. The largest absolute Gasteiger partial charge is 0.480 e. The topological polar surface area (TPSA) is 133 Å². The molecule has 0 saturated carbocycles. The zero-order chi connectivity index (χ0) is 25.5. The molecule has 2 saturated heterocycles. The van der Waals surface area contributed by atoms with Crippen LogP contribution in [0.15, 0.2) is 42.5 Å². The number of aliphatic hydroxyl groups excluding tert-OH is 1. The number of hydrogen-bond acceptors (Lipinski definition) is 7. The van der Waals surface area contributed by atoms with E-state index >= 15 is 0 Å². The van der Waals surface area contributed by atoms with Gasteiger partial charge in [-0.3, -0.25) is 24.5 Å². The van der Waals surface area contributed by atoms with E-state index < -0.39 is 53.8 Å². The van der Waals surface area contributed by atoms with E-state index in [1.165, 1.54) is 19.1 Å². The van der Waals surface area contributed by atoms with E-state index in [9.17, 15) is 29.4 Å². The van der Waals surface area contributed by atoms with E-state index in [1.807, 2.05) is 32.0 Å². The Morgan fingerprint density at radius 2 is 1.63 bits per heavy atom. The Hall–Kier alpha value is -3.56. The fourth-order valence-electron chi connectivity index (χ4n) is 5.33. The van der Waals surface area contributed by atoms with Crippen molar-refractivity contribution in [3.63, 3.8) is 0 Å². The van der Waals surface area contributed by atoms with Crippen molar-refractivity contribution in [2.24, 2.45) is 11.8 Å². The number of aliphatic hydroxyl groups is 1. The van der Waals surface area contributed by atoms with Gasteiger partial charge in [-0.25, -0.2) is 4.90 Å². The Kier molecular flexibility index (Phi) is 6.48. The summed E-state index contributed by atoms with van der Waals surface area (Å²) in [6, 6.07) is 11.0. The Morgan fingerprint density at radius 1 is 1.03 bits per heavy atom. The predicted molar refractivity (Wildman–Crippen MR) is 126 cm³/mol. The minimum Gasteiger partial charge on any atom is -0.480 e. The Balaban J connectivity index is 1.84. The summed E-state index contributed by atoms with van der Waals surface area (Å²) in [6.45, 7) is 4.26. The van der Waals surface area contributed by atoms with Gasteiger partial charge in [0, 0.05) is 13.0 Å². The van der Waals surface area contributed by atoms with E-state index in [4.69, 9.17) is 4.74 Å².